The van der Waals surface area contributed by atoms with Crippen LogP contribution in [0.5, 0.6) is 0 Å². The van der Waals surface area contributed by atoms with Gasteiger partial charge in [0.2, 0.25) is 0 Å². The van der Waals surface area contributed by atoms with Gasteiger partial charge < -0.3 is 14.2 Å². The number of unbranched alkanes of at least 4 members (excludes halogenated alkanes) is 30. The van der Waals surface area contributed by atoms with Gasteiger partial charge in [0.15, 0.2) is 6.10 Å². The Labute approximate surface area is 409 Å². The fourth-order valence-corrected chi connectivity index (χ4v) is 8.02. The van der Waals surface area contributed by atoms with Gasteiger partial charge in [-0.15, -0.1) is 0 Å². The first-order valence-electron chi connectivity index (χ1n) is 28.3. The van der Waals surface area contributed by atoms with Gasteiger partial charge in [-0.2, -0.15) is 0 Å². The van der Waals surface area contributed by atoms with Crippen LogP contribution < -0.4 is 0 Å². The Morgan fingerprint density at radius 1 is 0.318 bits per heavy atom. The Hall–Kier alpha value is -2.89. The zero-order valence-corrected chi connectivity index (χ0v) is 43.7. The van der Waals surface area contributed by atoms with Crippen LogP contribution in [0, 0.1) is 0 Å². The second-order valence-corrected chi connectivity index (χ2v) is 18.8. The van der Waals surface area contributed by atoms with Crippen molar-refractivity contribution in [2.45, 2.75) is 290 Å². The first-order valence-corrected chi connectivity index (χ1v) is 28.3. The predicted octanol–water partition coefficient (Wildman–Crippen LogP) is 18.8. The van der Waals surface area contributed by atoms with E-state index in [4.69, 9.17) is 14.2 Å². The van der Waals surface area contributed by atoms with Gasteiger partial charge in [0, 0.05) is 19.3 Å². The quantitative estimate of drug-likeness (QED) is 0.0262. The van der Waals surface area contributed by atoms with E-state index in [-0.39, 0.29) is 31.1 Å². The van der Waals surface area contributed by atoms with Crippen molar-refractivity contribution in [3.63, 3.8) is 0 Å². The Balaban J connectivity index is 4.32. The average Bonchev–Trinajstić information content (AvgIpc) is 3.31. The van der Waals surface area contributed by atoms with Crippen LogP contribution in [0.3, 0.4) is 0 Å². The van der Waals surface area contributed by atoms with Crippen molar-refractivity contribution in [3.05, 3.63) is 60.8 Å². The Bertz CT molecular complexity index is 1200. The minimum atomic E-state index is -0.785. The fourth-order valence-electron chi connectivity index (χ4n) is 8.02. The molecule has 0 heterocycles. The third-order valence-corrected chi connectivity index (χ3v) is 12.3. The van der Waals surface area contributed by atoms with E-state index in [9.17, 15) is 14.4 Å². The molecular weight excluding hydrogens is 817 g/mol. The monoisotopic (exact) mass is 923 g/mol. The van der Waals surface area contributed by atoms with Crippen LogP contribution >= 0.6 is 0 Å². The maximum Gasteiger partial charge on any atom is 0.306 e. The third kappa shape index (κ3) is 52.1. The molecule has 0 saturated heterocycles. The molecule has 0 fully saturated rings. The highest BCUT2D eigenvalue weighted by Gasteiger charge is 2.19. The molecule has 0 bridgehead atoms. The van der Waals surface area contributed by atoms with E-state index < -0.39 is 6.10 Å². The number of hydrogen-bond acceptors (Lipinski definition) is 6. The Kier molecular flexibility index (Phi) is 52.3. The lowest BCUT2D eigenvalue weighted by Gasteiger charge is -2.18. The van der Waals surface area contributed by atoms with Crippen molar-refractivity contribution in [1.29, 1.82) is 0 Å². The number of carbonyl (C=O) groups excluding carboxylic acids is 3. The largest absolute Gasteiger partial charge is 0.462 e. The summed E-state index contributed by atoms with van der Waals surface area (Å²) < 4.78 is 16.8. The molecule has 0 saturated carbocycles. The minimum absolute atomic E-state index is 0.0828. The highest BCUT2D eigenvalue weighted by atomic mass is 16.6. The predicted molar refractivity (Wildman–Crippen MR) is 284 cm³/mol. The lowest BCUT2D eigenvalue weighted by atomic mass is 10.1. The summed E-state index contributed by atoms with van der Waals surface area (Å²) in [5.74, 6) is -0.901. The van der Waals surface area contributed by atoms with Crippen molar-refractivity contribution >= 4 is 17.9 Å². The lowest BCUT2D eigenvalue weighted by molar-refractivity contribution is -0.167. The van der Waals surface area contributed by atoms with Gasteiger partial charge in [-0.1, -0.05) is 242 Å². The van der Waals surface area contributed by atoms with Gasteiger partial charge in [-0.3, -0.25) is 14.4 Å². The zero-order valence-electron chi connectivity index (χ0n) is 43.7. The molecular formula is C60H106O6. The number of allylic oxidation sites excluding steroid dienone is 10. The summed E-state index contributed by atoms with van der Waals surface area (Å²) in [6.07, 6.45) is 67.9. The van der Waals surface area contributed by atoms with E-state index in [2.05, 4.69) is 81.5 Å². The van der Waals surface area contributed by atoms with Gasteiger partial charge in [0.1, 0.15) is 13.2 Å². The maximum atomic E-state index is 12.8. The van der Waals surface area contributed by atoms with Crippen LogP contribution in [0.15, 0.2) is 60.8 Å². The van der Waals surface area contributed by atoms with E-state index in [0.29, 0.717) is 19.3 Å². The molecule has 0 aliphatic rings. The molecule has 0 aliphatic heterocycles. The molecule has 0 aromatic heterocycles. The topological polar surface area (TPSA) is 78.9 Å². The van der Waals surface area contributed by atoms with Gasteiger partial charge in [-0.25, -0.2) is 0 Å². The Morgan fingerprint density at radius 2 is 0.591 bits per heavy atom. The SMILES string of the molecule is CC/C=C\C/C=C\C/C=C\C/C=C\CCCCCCC(=O)OC(COC(=O)CCCCCCCCCCCC)COC(=O)CCCCCCCCCCC/C=C\CCCCCCCCCC. The number of hydrogen-bond donors (Lipinski definition) is 0. The summed E-state index contributed by atoms with van der Waals surface area (Å²) in [6, 6.07) is 0. The van der Waals surface area contributed by atoms with Gasteiger partial charge >= 0.3 is 17.9 Å². The van der Waals surface area contributed by atoms with Crippen LogP contribution in [0.2, 0.25) is 0 Å². The molecule has 0 aromatic carbocycles. The number of carbonyl (C=O) groups is 3. The Morgan fingerprint density at radius 3 is 0.939 bits per heavy atom. The number of ether oxygens (including phenoxy) is 3. The average molecular weight is 924 g/mol. The summed E-state index contributed by atoms with van der Waals surface area (Å²) in [6.45, 7) is 6.51. The molecule has 0 rings (SSSR count). The van der Waals surface area contributed by atoms with E-state index in [1.54, 1.807) is 0 Å². The molecule has 1 atom stereocenters. The van der Waals surface area contributed by atoms with Crippen molar-refractivity contribution < 1.29 is 28.6 Å². The molecule has 0 amide bonds. The first kappa shape index (κ1) is 63.1. The summed E-state index contributed by atoms with van der Waals surface area (Å²) in [5, 5.41) is 0. The van der Waals surface area contributed by atoms with E-state index in [1.807, 2.05) is 0 Å². The molecule has 1 unspecified atom stereocenters. The van der Waals surface area contributed by atoms with E-state index in [0.717, 1.165) is 96.3 Å². The molecule has 382 valence electrons. The zero-order chi connectivity index (χ0) is 47.9. The highest BCUT2D eigenvalue weighted by Crippen LogP contribution is 2.15. The van der Waals surface area contributed by atoms with E-state index in [1.165, 1.54) is 148 Å². The first-order chi connectivity index (χ1) is 32.5. The fraction of sp³-hybridized carbons (Fsp3) is 0.783. The van der Waals surface area contributed by atoms with Gasteiger partial charge in [0.25, 0.3) is 0 Å². The summed E-state index contributed by atoms with van der Waals surface area (Å²) in [4.78, 5) is 38.0. The van der Waals surface area contributed by atoms with Crippen LogP contribution in [-0.4, -0.2) is 37.2 Å². The third-order valence-electron chi connectivity index (χ3n) is 12.3. The highest BCUT2D eigenvalue weighted by molar-refractivity contribution is 5.71. The molecule has 6 heteroatoms. The van der Waals surface area contributed by atoms with Crippen molar-refractivity contribution in [2.24, 2.45) is 0 Å². The molecule has 66 heavy (non-hydrogen) atoms. The van der Waals surface area contributed by atoms with Crippen LogP contribution in [0.25, 0.3) is 0 Å². The van der Waals surface area contributed by atoms with E-state index >= 15 is 0 Å². The maximum absolute atomic E-state index is 12.8. The summed E-state index contributed by atoms with van der Waals surface area (Å²) in [5.41, 5.74) is 0. The minimum Gasteiger partial charge on any atom is -0.462 e. The molecule has 6 nitrogen and oxygen atoms in total. The number of esters is 3. The van der Waals surface area contributed by atoms with Crippen LogP contribution in [-0.2, 0) is 28.6 Å². The second-order valence-electron chi connectivity index (χ2n) is 18.8. The number of rotatable bonds is 51. The standard InChI is InChI=1S/C60H106O6/c1-4-7-10-13-16-19-22-24-26-28-29-30-31-33-34-36-38-41-44-47-50-53-59(62)65-56-57(55-64-58(61)52-49-46-43-40-21-18-15-12-9-6-3)66-60(63)54-51-48-45-42-39-37-35-32-27-25-23-20-17-14-11-8-5-2/h8,11,17,20,25,27-29,35,37,57H,4-7,9-10,12-16,18-19,21-24,26,30-34,36,38-56H2,1-3H3/b11-8-,20-17-,27-25-,29-28-,37-35-. The van der Waals surface area contributed by atoms with Crippen molar-refractivity contribution in [2.75, 3.05) is 13.2 Å². The van der Waals surface area contributed by atoms with Crippen LogP contribution in [0.4, 0.5) is 0 Å². The molecule has 0 aliphatic carbocycles. The van der Waals surface area contributed by atoms with Crippen LogP contribution in [0.1, 0.15) is 284 Å². The summed E-state index contributed by atoms with van der Waals surface area (Å²) >= 11 is 0. The van der Waals surface area contributed by atoms with Crippen molar-refractivity contribution in [3.8, 4) is 0 Å². The normalized spacial score (nSPS) is 12.5. The van der Waals surface area contributed by atoms with Gasteiger partial charge in [0.05, 0.1) is 0 Å². The second kappa shape index (κ2) is 54.7. The lowest BCUT2D eigenvalue weighted by Crippen LogP contribution is -2.30. The van der Waals surface area contributed by atoms with Crippen molar-refractivity contribution in [1.82, 2.24) is 0 Å². The molecule has 0 aromatic rings. The summed E-state index contributed by atoms with van der Waals surface area (Å²) in [7, 11) is 0. The smallest absolute Gasteiger partial charge is 0.306 e. The van der Waals surface area contributed by atoms with Gasteiger partial charge in [-0.05, 0) is 83.5 Å². The molecule has 0 radical (unpaired) electrons. The molecule has 0 N–H and O–H groups in total. The molecule has 0 spiro atoms.